The first-order valence-corrected chi connectivity index (χ1v) is 6.39. The summed E-state index contributed by atoms with van der Waals surface area (Å²) in [6, 6.07) is 9.74. The van der Waals surface area contributed by atoms with E-state index in [4.69, 9.17) is 0 Å². The number of benzene rings is 1. The molecule has 0 aliphatic heterocycles. The fourth-order valence-electron chi connectivity index (χ4n) is 1.81. The van der Waals surface area contributed by atoms with Gasteiger partial charge in [-0.1, -0.05) is 18.2 Å². The minimum atomic E-state index is -0.457. The van der Waals surface area contributed by atoms with Gasteiger partial charge in [-0.25, -0.2) is 9.37 Å². The molecule has 0 aliphatic rings. The van der Waals surface area contributed by atoms with Crippen LogP contribution in [0.4, 0.5) is 15.9 Å². The molecule has 0 spiro atoms. The molecule has 104 valence electrons. The average molecular weight is 273 g/mol. The number of aromatic nitrogens is 1. The van der Waals surface area contributed by atoms with E-state index in [2.05, 4.69) is 15.6 Å². The van der Waals surface area contributed by atoms with Gasteiger partial charge in [0.05, 0.1) is 5.69 Å². The highest BCUT2D eigenvalue weighted by Gasteiger charge is 2.12. The number of nitrogens with one attached hydrogen (secondary N) is 2. The van der Waals surface area contributed by atoms with Gasteiger partial charge in [0.15, 0.2) is 0 Å². The maximum absolute atomic E-state index is 13.7. The monoisotopic (exact) mass is 273 g/mol. The van der Waals surface area contributed by atoms with E-state index in [1.807, 2.05) is 6.92 Å². The van der Waals surface area contributed by atoms with Crippen LogP contribution in [0.25, 0.3) is 0 Å². The summed E-state index contributed by atoms with van der Waals surface area (Å²) in [6.45, 7) is 4.39. The number of hydrogen-bond donors (Lipinski definition) is 2. The molecule has 0 aliphatic carbocycles. The summed E-state index contributed by atoms with van der Waals surface area (Å²) in [5, 5.41) is 5.58. The topological polar surface area (TPSA) is 54.0 Å². The van der Waals surface area contributed by atoms with E-state index in [9.17, 15) is 9.18 Å². The largest absolute Gasteiger partial charge is 0.370 e. The van der Waals surface area contributed by atoms with Crippen molar-refractivity contribution in [1.29, 1.82) is 0 Å². The number of para-hydroxylation sites is 1. The van der Waals surface area contributed by atoms with Gasteiger partial charge in [-0.2, -0.15) is 0 Å². The average Bonchev–Trinajstić information content (AvgIpc) is 2.43. The van der Waals surface area contributed by atoms with Crippen LogP contribution in [-0.2, 0) is 0 Å². The van der Waals surface area contributed by atoms with Gasteiger partial charge >= 0.3 is 0 Å². The number of halogens is 1. The van der Waals surface area contributed by atoms with Gasteiger partial charge in [0, 0.05) is 6.54 Å². The number of amides is 1. The lowest BCUT2D eigenvalue weighted by Crippen LogP contribution is -2.16. The van der Waals surface area contributed by atoms with Crippen LogP contribution in [0, 0.1) is 12.7 Å². The lowest BCUT2D eigenvalue weighted by Gasteiger charge is -2.10. The summed E-state index contributed by atoms with van der Waals surface area (Å²) in [5.74, 6) is -0.274. The standard InChI is InChI=1S/C15H16FN3O/c1-3-17-13-9-5-8-12(18-13)15(20)19-14-10(2)6-4-7-11(14)16/h4-9H,3H2,1-2H3,(H,17,18)(H,19,20). The quantitative estimate of drug-likeness (QED) is 0.899. The zero-order valence-electron chi connectivity index (χ0n) is 11.4. The third-order valence-corrected chi connectivity index (χ3v) is 2.80. The summed E-state index contributed by atoms with van der Waals surface area (Å²) in [5.41, 5.74) is 1.10. The predicted octanol–water partition coefficient (Wildman–Crippen LogP) is 3.21. The molecule has 4 nitrogen and oxygen atoms in total. The molecule has 0 radical (unpaired) electrons. The van der Waals surface area contributed by atoms with E-state index in [1.54, 1.807) is 37.3 Å². The Bertz CT molecular complexity index is 608. The van der Waals surface area contributed by atoms with Crippen LogP contribution in [0.3, 0.4) is 0 Å². The molecule has 5 heteroatoms. The minimum absolute atomic E-state index is 0.188. The van der Waals surface area contributed by atoms with Crippen molar-refractivity contribution < 1.29 is 9.18 Å². The van der Waals surface area contributed by atoms with Crippen LogP contribution >= 0.6 is 0 Å². The number of aryl methyl sites for hydroxylation is 1. The second-order valence-electron chi connectivity index (χ2n) is 4.32. The molecule has 0 bridgehead atoms. The molecule has 0 fully saturated rings. The first-order chi connectivity index (χ1) is 9.61. The Morgan fingerprint density at radius 2 is 2.00 bits per heavy atom. The van der Waals surface area contributed by atoms with Gasteiger partial charge in [-0.3, -0.25) is 4.79 Å². The summed E-state index contributed by atoms with van der Waals surface area (Å²) in [4.78, 5) is 16.3. The van der Waals surface area contributed by atoms with Crippen molar-refractivity contribution in [3.8, 4) is 0 Å². The highest BCUT2D eigenvalue weighted by molar-refractivity contribution is 6.03. The van der Waals surface area contributed by atoms with Gasteiger partial charge in [0.1, 0.15) is 17.3 Å². The minimum Gasteiger partial charge on any atom is -0.370 e. The third kappa shape index (κ3) is 3.12. The molecular weight excluding hydrogens is 257 g/mol. The van der Waals surface area contributed by atoms with E-state index in [1.165, 1.54) is 6.07 Å². The van der Waals surface area contributed by atoms with Crippen LogP contribution in [0.1, 0.15) is 23.0 Å². The maximum Gasteiger partial charge on any atom is 0.274 e. The normalized spacial score (nSPS) is 10.2. The van der Waals surface area contributed by atoms with Crippen LogP contribution in [0.2, 0.25) is 0 Å². The molecule has 1 aromatic carbocycles. The second-order valence-corrected chi connectivity index (χ2v) is 4.32. The van der Waals surface area contributed by atoms with Crippen molar-refractivity contribution in [2.45, 2.75) is 13.8 Å². The number of nitrogens with zero attached hydrogens (tertiary/aromatic N) is 1. The van der Waals surface area contributed by atoms with Gasteiger partial charge < -0.3 is 10.6 Å². The van der Waals surface area contributed by atoms with E-state index in [0.717, 1.165) is 0 Å². The Morgan fingerprint density at radius 1 is 1.25 bits per heavy atom. The molecule has 0 saturated carbocycles. The summed E-state index contributed by atoms with van der Waals surface area (Å²) >= 11 is 0. The SMILES string of the molecule is CCNc1cccc(C(=O)Nc2c(C)cccc2F)n1. The number of hydrogen-bond acceptors (Lipinski definition) is 3. The molecule has 20 heavy (non-hydrogen) atoms. The van der Waals surface area contributed by atoms with Crippen molar-refractivity contribution in [2.24, 2.45) is 0 Å². The fraction of sp³-hybridized carbons (Fsp3) is 0.200. The molecule has 1 aromatic heterocycles. The number of carbonyl (C=O) groups excluding carboxylic acids is 1. The van der Waals surface area contributed by atoms with Crippen LogP contribution < -0.4 is 10.6 Å². The van der Waals surface area contributed by atoms with E-state index < -0.39 is 11.7 Å². The Balaban J connectivity index is 2.22. The van der Waals surface area contributed by atoms with Crippen molar-refractivity contribution in [1.82, 2.24) is 4.98 Å². The lowest BCUT2D eigenvalue weighted by molar-refractivity contribution is 0.102. The smallest absolute Gasteiger partial charge is 0.274 e. The Hall–Kier alpha value is -2.43. The van der Waals surface area contributed by atoms with Crippen molar-refractivity contribution in [3.05, 3.63) is 53.5 Å². The van der Waals surface area contributed by atoms with Crippen LogP contribution in [-0.4, -0.2) is 17.4 Å². The number of pyridine rings is 1. The Morgan fingerprint density at radius 3 is 2.70 bits per heavy atom. The number of rotatable bonds is 4. The van der Waals surface area contributed by atoms with Gasteiger partial charge in [0.25, 0.3) is 5.91 Å². The van der Waals surface area contributed by atoms with E-state index in [-0.39, 0.29) is 11.4 Å². The molecule has 0 saturated heterocycles. The van der Waals surface area contributed by atoms with E-state index >= 15 is 0 Å². The highest BCUT2D eigenvalue weighted by Crippen LogP contribution is 2.19. The molecule has 2 rings (SSSR count). The molecule has 2 N–H and O–H groups in total. The van der Waals surface area contributed by atoms with Crippen LogP contribution in [0.5, 0.6) is 0 Å². The molecule has 2 aromatic rings. The van der Waals surface area contributed by atoms with Crippen LogP contribution in [0.15, 0.2) is 36.4 Å². The Kier molecular flexibility index (Phi) is 4.30. The third-order valence-electron chi connectivity index (χ3n) is 2.80. The maximum atomic E-state index is 13.7. The first-order valence-electron chi connectivity index (χ1n) is 6.39. The molecule has 1 heterocycles. The summed E-state index contributed by atoms with van der Waals surface area (Å²) in [6.07, 6.45) is 0. The Labute approximate surface area is 117 Å². The lowest BCUT2D eigenvalue weighted by atomic mass is 10.2. The van der Waals surface area contributed by atoms with Crippen molar-refractivity contribution >= 4 is 17.4 Å². The van der Waals surface area contributed by atoms with Gasteiger partial charge in [-0.15, -0.1) is 0 Å². The number of carbonyl (C=O) groups is 1. The zero-order chi connectivity index (χ0) is 14.5. The van der Waals surface area contributed by atoms with Crippen molar-refractivity contribution in [3.63, 3.8) is 0 Å². The van der Waals surface area contributed by atoms with Crippen molar-refractivity contribution in [2.75, 3.05) is 17.2 Å². The van der Waals surface area contributed by atoms with E-state index in [0.29, 0.717) is 17.9 Å². The molecule has 0 unspecified atom stereocenters. The zero-order valence-corrected chi connectivity index (χ0v) is 11.4. The summed E-state index contributed by atoms with van der Waals surface area (Å²) < 4.78 is 13.7. The fourth-order valence-corrected chi connectivity index (χ4v) is 1.81. The van der Waals surface area contributed by atoms with Gasteiger partial charge in [0.2, 0.25) is 0 Å². The van der Waals surface area contributed by atoms with Gasteiger partial charge in [-0.05, 0) is 37.6 Å². The second kappa shape index (κ2) is 6.14. The number of anilines is 2. The molecule has 0 atom stereocenters. The highest BCUT2D eigenvalue weighted by atomic mass is 19.1. The molecule has 1 amide bonds. The first kappa shape index (κ1) is 14.0. The predicted molar refractivity (Wildman–Crippen MR) is 77.5 cm³/mol. The summed E-state index contributed by atoms with van der Waals surface area (Å²) in [7, 11) is 0. The molecular formula is C15H16FN3O.